The maximum absolute atomic E-state index is 11.5. The molecule has 0 aliphatic heterocycles. The molecule has 1 aromatic heterocycles. The van der Waals surface area contributed by atoms with Crippen molar-refractivity contribution < 1.29 is 9.90 Å². The van der Waals surface area contributed by atoms with Gasteiger partial charge < -0.3 is 9.67 Å². The summed E-state index contributed by atoms with van der Waals surface area (Å²) in [5, 5.41) is 8.92. The summed E-state index contributed by atoms with van der Waals surface area (Å²) in [6.45, 7) is 3.96. The largest absolute Gasteiger partial charge is 0.481 e. The van der Waals surface area contributed by atoms with E-state index >= 15 is 0 Å². The van der Waals surface area contributed by atoms with Crippen molar-refractivity contribution >= 4 is 5.97 Å². The van der Waals surface area contributed by atoms with Crippen LogP contribution in [0.15, 0.2) is 17.2 Å². The van der Waals surface area contributed by atoms with Crippen LogP contribution in [0.3, 0.4) is 0 Å². The van der Waals surface area contributed by atoms with Gasteiger partial charge in [-0.05, 0) is 26.7 Å². The number of hydrogen-bond donors (Lipinski definition) is 1. The third-order valence-corrected chi connectivity index (χ3v) is 2.80. The summed E-state index contributed by atoms with van der Waals surface area (Å²) in [4.78, 5) is 22.3. The van der Waals surface area contributed by atoms with Crippen LogP contribution in [0.5, 0.6) is 0 Å². The lowest BCUT2D eigenvalue weighted by molar-refractivity contribution is -0.147. The second kappa shape index (κ2) is 4.55. The van der Waals surface area contributed by atoms with E-state index in [1.165, 1.54) is 4.57 Å². The van der Waals surface area contributed by atoms with Crippen LogP contribution in [0.25, 0.3) is 0 Å². The summed E-state index contributed by atoms with van der Waals surface area (Å²) in [6, 6.07) is 0. The van der Waals surface area contributed by atoms with E-state index in [2.05, 4.69) is 0 Å². The van der Waals surface area contributed by atoms with Crippen LogP contribution in [-0.4, -0.2) is 20.2 Å². The second-order valence-corrected chi connectivity index (χ2v) is 4.68. The maximum Gasteiger partial charge on any atom is 0.327 e. The first-order chi connectivity index (χ1) is 7.34. The van der Waals surface area contributed by atoms with Gasteiger partial charge in [0.05, 0.1) is 5.41 Å². The fourth-order valence-electron chi connectivity index (χ4n) is 1.48. The Bertz CT molecular complexity index is 429. The molecular weight excluding hydrogens is 208 g/mol. The van der Waals surface area contributed by atoms with Crippen LogP contribution in [-0.2, 0) is 18.4 Å². The Labute approximate surface area is 94.3 Å². The Morgan fingerprint density at radius 2 is 2.06 bits per heavy atom. The van der Waals surface area contributed by atoms with Gasteiger partial charge in [0.1, 0.15) is 0 Å². The fourth-order valence-corrected chi connectivity index (χ4v) is 1.48. The van der Waals surface area contributed by atoms with Crippen molar-refractivity contribution in [3.63, 3.8) is 0 Å². The van der Waals surface area contributed by atoms with Crippen LogP contribution in [0.2, 0.25) is 0 Å². The molecule has 0 aliphatic rings. The van der Waals surface area contributed by atoms with Crippen LogP contribution in [0.1, 0.15) is 26.7 Å². The molecule has 0 aliphatic carbocycles. The Hall–Kier alpha value is -1.52. The zero-order chi connectivity index (χ0) is 12.3. The molecule has 0 radical (unpaired) electrons. The van der Waals surface area contributed by atoms with E-state index in [-0.39, 0.29) is 5.69 Å². The van der Waals surface area contributed by atoms with E-state index in [4.69, 9.17) is 5.11 Å². The number of carbonyl (C=O) groups is 1. The number of aliphatic carboxylic acids is 1. The molecule has 0 bridgehead atoms. The average molecular weight is 226 g/mol. The van der Waals surface area contributed by atoms with Crippen molar-refractivity contribution in [2.24, 2.45) is 12.5 Å². The van der Waals surface area contributed by atoms with Crippen molar-refractivity contribution in [3.05, 3.63) is 22.9 Å². The minimum Gasteiger partial charge on any atom is -0.481 e. The van der Waals surface area contributed by atoms with E-state index in [1.807, 2.05) is 0 Å². The van der Waals surface area contributed by atoms with Crippen molar-refractivity contribution in [2.45, 2.75) is 33.2 Å². The van der Waals surface area contributed by atoms with Crippen LogP contribution in [0, 0.1) is 5.41 Å². The number of hydrogen-bond acceptors (Lipinski definition) is 2. The van der Waals surface area contributed by atoms with Crippen molar-refractivity contribution in [3.8, 4) is 0 Å². The van der Waals surface area contributed by atoms with Gasteiger partial charge in [0.2, 0.25) is 0 Å². The van der Waals surface area contributed by atoms with E-state index < -0.39 is 11.4 Å². The van der Waals surface area contributed by atoms with Gasteiger partial charge in [0, 0.05) is 26.0 Å². The standard InChI is InChI=1S/C11H18N2O3/c1-11(2,9(14)15)5-4-6-13-8-7-12(3)10(13)16/h7-8H,4-6H2,1-3H3,(H,14,15). The summed E-state index contributed by atoms with van der Waals surface area (Å²) >= 11 is 0. The Balaban J connectivity index is 2.51. The highest BCUT2D eigenvalue weighted by molar-refractivity contribution is 5.73. The quantitative estimate of drug-likeness (QED) is 0.817. The lowest BCUT2D eigenvalue weighted by Gasteiger charge is -2.18. The molecular formula is C11H18N2O3. The van der Waals surface area contributed by atoms with Crippen LogP contribution in [0.4, 0.5) is 0 Å². The third-order valence-electron chi connectivity index (χ3n) is 2.80. The number of nitrogens with zero attached hydrogens (tertiary/aromatic N) is 2. The fraction of sp³-hybridized carbons (Fsp3) is 0.636. The Morgan fingerprint density at radius 1 is 1.44 bits per heavy atom. The molecule has 5 nitrogen and oxygen atoms in total. The maximum atomic E-state index is 11.5. The van der Waals surface area contributed by atoms with Gasteiger partial charge in [0.25, 0.3) is 0 Å². The van der Waals surface area contributed by atoms with Gasteiger partial charge in [-0.25, -0.2) is 4.79 Å². The smallest absolute Gasteiger partial charge is 0.327 e. The number of rotatable bonds is 5. The molecule has 0 spiro atoms. The molecule has 16 heavy (non-hydrogen) atoms. The molecule has 0 atom stereocenters. The number of imidazole rings is 1. The van der Waals surface area contributed by atoms with Crippen LogP contribution < -0.4 is 5.69 Å². The van der Waals surface area contributed by atoms with Gasteiger partial charge in [-0.15, -0.1) is 0 Å². The summed E-state index contributed by atoms with van der Waals surface area (Å²) in [5.74, 6) is -0.798. The SMILES string of the molecule is Cn1ccn(CCCC(C)(C)C(=O)O)c1=O. The highest BCUT2D eigenvalue weighted by Gasteiger charge is 2.26. The van der Waals surface area contributed by atoms with E-state index in [0.29, 0.717) is 19.4 Å². The molecule has 1 N–H and O–H groups in total. The summed E-state index contributed by atoms with van der Waals surface area (Å²) in [5.41, 5.74) is -0.786. The summed E-state index contributed by atoms with van der Waals surface area (Å²) in [6.07, 6.45) is 4.66. The molecule has 0 aromatic carbocycles. The molecule has 0 saturated heterocycles. The number of carboxylic acid groups (broad SMARTS) is 1. The zero-order valence-corrected chi connectivity index (χ0v) is 9.93. The van der Waals surface area contributed by atoms with Gasteiger partial charge in [-0.2, -0.15) is 0 Å². The minimum atomic E-state index is -0.798. The van der Waals surface area contributed by atoms with Crippen molar-refractivity contribution in [1.82, 2.24) is 9.13 Å². The van der Waals surface area contributed by atoms with E-state index in [1.54, 1.807) is 37.9 Å². The average Bonchev–Trinajstić information content (AvgIpc) is 2.49. The molecule has 0 amide bonds. The highest BCUT2D eigenvalue weighted by Crippen LogP contribution is 2.22. The predicted molar refractivity (Wildman–Crippen MR) is 60.3 cm³/mol. The molecule has 0 saturated carbocycles. The molecule has 1 heterocycles. The monoisotopic (exact) mass is 226 g/mol. The summed E-state index contributed by atoms with van der Waals surface area (Å²) < 4.78 is 3.10. The van der Waals surface area contributed by atoms with E-state index in [0.717, 1.165) is 0 Å². The van der Waals surface area contributed by atoms with Gasteiger partial charge in [-0.1, -0.05) is 0 Å². The molecule has 5 heteroatoms. The Morgan fingerprint density at radius 3 is 2.50 bits per heavy atom. The van der Waals surface area contributed by atoms with Crippen molar-refractivity contribution in [1.29, 1.82) is 0 Å². The first-order valence-corrected chi connectivity index (χ1v) is 5.30. The predicted octanol–water partition coefficient (Wildman–Crippen LogP) is 1.08. The molecule has 0 unspecified atom stereocenters. The first-order valence-electron chi connectivity index (χ1n) is 5.30. The first kappa shape index (κ1) is 12.5. The van der Waals surface area contributed by atoms with E-state index in [9.17, 15) is 9.59 Å². The Kier molecular flexibility index (Phi) is 3.57. The number of aromatic nitrogens is 2. The molecule has 0 fully saturated rings. The van der Waals surface area contributed by atoms with Gasteiger partial charge >= 0.3 is 11.7 Å². The lowest BCUT2D eigenvalue weighted by Crippen LogP contribution is -2.26. The number of aryl methyl sites for hydroxylation is 2. The zero-order valence-electron chi connectivity index (χ0n) is 9.93. The highest BCUT2D eigenvalue weighted by atomic mass is 16.4. The van der Waals surface area contributed by atoms with Crippen LogP contribution >= 0.6 is 0 Å². The molecule has 1 aromatic rings. The molecule has 90 valence electrons. The topological polar surface area (TPSA) is 64.2 Å². The van der Waals surface area contributed by atoms with Gasteiger partial charge in [-0.3, -0.25) is 9.36 Å². The lowest BCUT2D eigenvalue weighted by atomic mass is 9.88. The minimum absolute atomic E-state index is 0.0619. The third kappa shape index (κ3) is 2.74. The summed E-state index contributed by atoms with van der Waals surface area (Å²) in [7, 11) is 1.69. The molecule has 1 rings (SSSR count). The normalized spacial score (nSPS) is 11.7. The van der Waals surface area contributed by atoms with Gasteiger partial charge in [0.15, 0.2) is 0 Å². The van der Waals surface area contributed by atoms with Crippen molar-refractivity contribution in [2.75, 3.05) is 0 Å². The second-order valence-electron chi connectivity index (χ2n) is 4.68. The number of carboxylic acids is 1.